The highest BCUT2D eigenvalue weighted by molar-refractivity contribution is 5.33. The number of pyridine rings is 1. The summed E-state index contributed by atoms with van der Waals surface area (Å²) in [6.07, 6.45) is 4.25. The summed E-state index contributed by atoms with van der Waals surface area (Å²) in [6.45, 7) is 1.41. The molecule has 2 aromatic rings. The Hall–Kier alpha value is -2.23. The van der Waals surface area contributed by atoms with Gasteiger partial charge in [0.05, 0.1) is 12.3 Å². The molecule has 1 heterocycles. The lowest BCUT2D eigenvalue weighted by Gasteiger charge is -2.08. The number of aromatic nitrogens is 1. The second kappa shape index (κ2) is 5.91. The number of nitrogens with zero attached hydrogens (tertiary/aromatic N) is 1. The molecule has 0 bridgehead atoms. The summed E-state index contributed by atoms with van der Waals surface area (Å²) in [5, 5.41) is 0. The van der Waals surface area contributed by atoms with Gasteiger partial charge in [0.15, 0.2) is 0 Å². The van der Waals surface area contributed by atoms with E-state index in [0.29, 0.717) is 6.61 Å². The van der Waals surface area contributed by atoms with Crippen LogP contribution in [0.15, 0.2) is 53.6 Å². The first-order valence-corrected chi connectivity index (χ1v) is 5.89. The van der Waals surface area contributed by atoms with Crippen molar-refractivity contribution in [3.63, 3.8) is 0 Å². The molecule has 0 unspecified atom stereocenters. The minimum Gasteiger partial charge on any atom is -0.494 e. The van der Waals surface area contributed by atoms with E-state index in [9.17, 15) is 4.79 Å². The Balaban J connectivity index is 1.78. The van der Waals surface area contributed by atoms with Gasteiger partial charge in [0, 0.05) is 25.0 Å². The molecule has 4 nitrogen and oxygen atoms in total. The number of hydrogen-bond donors (Lipinski definition) is 1. The van der Waals surface area contributed by atoms with Gasteiger partial charge in [0.2, 0.25) is 5.43 Å². The minimum absolute atomic E-state index is 0.133. The molecule has 0 saturated carbocycles. The average molecular weight is 244 g/mol. The van der Waals surface area contributed by atoms with E-state index in [1.807, 2.05) is 34.9 Å². The summed E-state index contributed by atoms with van der Waals surface area (Å²) in [7, 11) is 0. The largest absolute Gasteiger partial charge is 0.494 e. The van der Waals surface area contributed by atoms with Crippen LogP contribution in [0.25, 0.3) is 0 Å². The number of nitrogens with two attached hydrogens (primary N) is 1. The third kappa shape index (κ3) is 3.38. The second-order valence-electron chi connectivity index (χ2n) is 4.02. The van der Waals surface area contributed by atoms with Crippen LogP contribution in [0.2, 0.25) is 0 Å². The zero-order chi connectivity index (χ0) is 12.8. The summed E-state index contributed by atoms with van der Waals surface area (Å²) < 4.78 is 7.47. The van der Waals surface area contributed by atoms with Crippen LogP contribution in [0.5, 0.6) is 5.75 Å². The second-order valence-corrected chi connectivity index (χ2v) is 4.02. The molecule has 0 saturated heterocycles. The number of ether oxygens (including phenoxy) is 1. The number of para-hydroxylation sites is 1. The maximum Gasteiger partial charge on any atom is 0.204 e. The first-order valence-electron chi connectivity index (χ1n) is 5.89. The fraction of sp³-hybridized carbons (Fsp3) is 0.214. The maximum absolute atomic E-state index is 11.1. The number of anilines is 1. The molecule has 0 atom stereocenters. The van der Waals surface area contributed by atoms with Gasteiger partial charge in [-0.05, 0) is 18.6 Å². The van der Waals surface area contributed by atoms with E-state index in [2.05, 4.69) is 0 Å². The Morgan fingerprint density at radius 1 is 1.17 bits per heavy atom. The fourth-order valence-electron chi connectivity index (χ4n) is 1.64. The van der Waals surface area contributed by atoms with E-state index in [1.54, 1.807) is 12.4 Å². The van der Waals surface area contributed by atoms with Crippen LogP contribution in [0.4, 0.5) is 5.69 Å². The number of hydrogen-bond acceptors (Lipinski definition) is 3. The lowest BCUT2D eigenvalue weighted by Crippen LogP contribution is -2.12. The summed E-state index contributed by atoms with van der Waals surface area (Å²) in [5.74, 6) is 0.872. The Morgan fingerprint density at radius 2 is 1.94 bits per heavy atom. The summed E-state index contributed by atoms with van der Waals surface area (Å²) in [5.41, 5.74) is 5.70. The smallest absolute Gasteiger partial charge is 0.204 e. The van der Waals surface area contributed by atoms with Crippen LogP contribution in [-0.2, 0) is 6.54 Å². The van der Waals surface area contributed by atoms with E-state index < -0.39 is 0 Å². The molecule has 1 aromatic carbocycles. The molecule has 0 aliphatic carbocycles. The zero-order valence-corrected chi connectivity index (χ0v) is 10.1. The van der Waals surface area contributed by atoms with Crippen molar-refractivity contribution in [3.05, 3.63) is 59.0 Å². The molecule has 1 aromatic heterocycles. The Labute approximate surface area is 106 Å². The van der Waals surface area contributed by atoms with Crippen LogP contribution in [0, 0.1) is 0 Å². The average Bonchev–Trinajstić information content (AvgIpc) is 2.40. The number of rotatable bonds is 5. The highest BCUT2D eigenvalue weighted by Gasteiger charge is 1.96. The van der Waals surface area contributed by atoms with Gasteiger partial charge < -0.3 is 15.0 Å². The van der Waals surface area contributed by atoms with Gasteiger partial charge in [-0.15, -0.1) is 0 Å². The minimum atomic E-state index is -0.133. The molecule has 0 amide bonds. The lowest BCUT2D eigenvalue weighted by atomic mass is 10.3. The molecular weight excluding hydrogens is 228 g/mol. The van der Waals surface area contributed by atoms with Crippen molar-refractivity contribution in [2.24, 2.45) is 0 Å². The molecule has 94 valence electrons. The Kier molecular flexibility index (Phi) is 4.02. The van der Waals surface area contributed by atoms with E-state index in [4.69, 9.17) is 10.5 Å². The van der Waals surface area contributed by atoms with E-state index in [1.165, 1.54) is 6.07 Å². The molecule has 2 rings (SSSR count). The molecule has 0 spiro atoms. The molecule has 0 fully saturated rings. The van der Waals surface area contributed by atoms with Crippen LogP contribution in [0.3, 0.4) is 0 Å². The maximum atomic E-state index is 11.1. The van der Waals surface area contributed by atoms with E-state index >= 15 is 0 Å². The van der Waals surface area contributed by atoms with Gasteiger partial charge in [-0.25, -0.2) is 0 Å². The Bertz CT molecular complexity index is 549. The van der Waals surface area contributed by atoms with Gasteiger partial charge in [0.25, 0.3) is 0 Å². The topological polar surface area (TPSA) is 57.2 Å². The van der Waals surface area contributed by atoms with Crippen molar-refractivity contribution < 1.29 is 4.74 Å². The van der Waals surface area contributed by atoms with Crippen molar-refractivity contribution in [1.82, 2.24) is 4.57 Å². The van der Waals surface area contributed by atoms with Gasteiger partial charge in [0.1, 0.15) is 5.75 Å². The molecule has 0 aliphatic heterocycles. The first-order chi connectivity index (χ1) is 8.75. The van der Waals surface area contributed by atoms with Crippen LogP contribution in [0.1, 0.15) is 6.42 Å². The lowest BCUT2D eigenvalue weighted by molar-refractivity contribution is 0.301. The predicted molar refractivity (Wildman–Crippen MR) is 71.7 cm³/mol. The van der Waals surface area contributed by atoms with Crippen molar-refractivity contribution in [2.45, 2.75) is 13.0 Å². The van der Waals surface area contributed by atoms with Crippen LogP contribution in [-0.4, -0.2) is 11.2 Å². The molecule has 18 heavy (non-hydrogen) atoms. The van der Waals surface area contributed by atoms with Gasteiger partial charge >= 0.3 is 0 Å². The van der Waals surface area contributed by atoms with Crippen molar-refractivity contribution >= 4 is 5.69 Å². The van der Waals surface area contributed by atoms with E-state index in [0.717, 1.165) is 18.7 Å². The highest BCUT2D eigenvalue weighted by atomic mass is 16.5. The summed E-state index contributed by atoms with van der Waals surface area (Å²) in [6, 6.07) is 11.2. The third-order valence-electron chi connectivity index (χ3n) is 2.58. The normalized spacial score (nSPS) is 10.2. The number of nitrogen functional groups attached to an aromatic ring is 1. The molecular formula is C14H16N2O2. The van der Waals surface area contributed by atoms with Crippen LogP contribution >= 0.6 is 0 Å². The number of aryl methyl sites for hydroxylation is 1. The van der Waals surface area contributed by atoms with Crippen molar-refractivity contribution in [3.8, 4) is 5.75 Å². The summed E-state index contributed by atoms with van der Waals surface area (Å²) in [4.78, 5) is 11.1. The third-order valence-corrected chi connectivity index (χ3v) is 2.58. The SMILES string of the molecule is Nc1cn(CCCOc2ccccc2)ccc1=O. The van der Waals surface area contributed by atoms with Gasteiger partial charge in [-0.3, -0.25) is 4.79 Å². The highest BCUT2D eigenvalue weighted by Crippen LogP contribution is 2.08. The molecule has 0 aliphatic rings. The number of benzene rings is 1. The molecule has 0 radical (unpaired) electrons. The quantitative estimate of drug-likeness (QED) is 0.817. The monoisotopic (exact) mass is 244 g/mol. The molecule has 2 N–H and O–H groups in total. The van der Waals surface area contributed by atoms with Gasteiger partial charge in [-0.1, -0.05) is 18.2 Å². The first kappa shape index (κ1) is 12.2. The fourth-order valence-corrected chi connectivity index (χ4v) is 1.64. The van der Waals surface area contributed by atoms with E-state index in [-0.39, 0.29) is 11.1 Å². The predicted octanol–water partition coefficient (Wildman–Crippen LogP) is 1.90. The summed E-state index contributed by atoms with van der Waals surface area (Å²) >= 11 is 0. The van der Waals surface area contributed by atoms with Crippen LogP contribution < -0.4 is 15.9 Å². The van der Waals surface area contributed by atoms with Crippen molar-refractivity contribution in [1.29, 1.82) is 0 Å². The molecule has 4 heteroatoms. The standard InChI is InChI=1S/C14H16N2O2/c15-13-11-16(9-7-14(13)17)8-4-10-18-12-5-2-1-3-6-12/h1-3,5-7,9,11H,4,8,10,15H2. The zero-order valence-electron chi connectivity index (χ0n) is 10.1. The Morgan fingerprint density at radius 3 is 2.67 bits per heavy atom. The van der Waals surface area contributed by atoms with Crippen molar-refractivity contribution in [2.75, 3.05) is 12.3 Å². The van der Waals surface area contributed by atoms with Gasteiger partial charge in [-0.2, -0.15) is 0 Å².